The van der Waals surface area contributed by atoms with E-state index in [0.29, 0.717) is 13.1 Å². The molecule has 0 aromatic carbocycles. The van der Waals surface area contributed by atoms with E-state index >= 15 is 0 Å². The molecule has 1 aliphatic rings. The molecule has 18 heavy (non-hydrogen) atoms. The average Bonchev–Trinajstić information content (AvgIpc) is 2.86. The molecule has 2 atom stereocenters. The summed E-state index contributed by atoms with van der Waals surface area (Å²) in [5, 5.41) is 2.10. The highest BCUT2D eigenvalue weighted by Gasteiger charge is 2.35. The van der Waals surface area contributed by atoms with Gasteiger partial charge in [-0.2, -0.15) is 4.31 Å². The molecule has 2 unspecified atom stereocenters. The summed E-state index contributed by atoms with van der Waals surface area (Å²) in [5.74, 6) is -0.715. The lowest BCUT2D eigenvalue weighted by Gasteiger charge is -2.26. The molecule has 0 saturated carbocycles. The first-order valence-corrected chi connectivity index (χ1v) is 7.74. The van der Waals surface area contributed by atoms with Gasteiger partial charge in [-0.25, -0.2) is 8.42 Å². The van der Waals surface area contributed by atoms with Gasteiger partial charge >= 0.3 is 5.97 Å². The molecule has 0 bridgehead atoms. The number of methoxy groups -OCH3 is 1. The van der Waals surface area contributed by atoms with E-state index in [0.717, 1.165) is 19.4 Å². The number of nitrogens with zero attached hydrogens (tertiary/aromatic N) is 1. The largest absolute Gasteiger partial charge is 0.468 e. The number of sulfonamides is 1. The van der Waals surface area contributed by atoms with E-state index in [-0.39, 0.29) is 6.04 Å². The molecule has 0 amide bonds. The third-order valence-electron chi connectivity index (χ3n) is 3.28. The van der Waals surface area contributed by atoms with Crippen LogP contribution in [0.3, 0.4) is 0 Å². The predicted octanol–water partition coefficient (Wildman–Crippen LogP) is -0.0484. The lowest BCUT2D eigenvalue weighted by molar-refractivity contribution is -0.139. The molecular formula is C11H22N2O4S. The number of rotatable bonds is 6. The molecule has 106 valence electrons. The Hall–Kier alpha value is -0.660. The van der Waals surface area contributed by atoms with Crippen LogP contribution in [0.5, 0.6) is 0 Å². The Bertz CT molecular complexity index is 377. The minimum atomic E-state index is -3.63. The van der Waals surface area contributed by atoms with Gasteiger partial charge in [0.05, 0.1) is 7.11 Å². The second-order valence-electron chi connectivity index (χ2n) is 4.45. The van der Waals surface area contributed by atoms with Crippen molar-refractivity contribution in [2.45, 2.75) is 38.0 Å². The zero-order valence-corrected chi connectivity index (χ0v) is 12.0. The normalized spacial score (nSPS) is 22.1. The highest BCUT2D eigenvalue weighted by atomic mass is 32.2. The quantitative estimate of drug-likeness (QED) is 0.690. The molecule has 1 saturated heterocycles. The van der Waals surface area contributed by atoms with Gasteiger partial charge in [0.25, 0.3) is 0 Å². The Morgan fingerprint density at radius 1 is 1.56 bits per heavy atom. The van der Waals surface area contributed by atoms with E-state index in [1.807, 2.05) is 0 Å². The zero-order chi connectivity index (χ0) is 13.8. The molecule has 1 rings (SSSR count). The van der Waals surface area contributed by atoms with Crippen molar-refractivity contribution >= 4 is 16.0 Å². The maximum absolute atomic E-state index is 12.2. The maximum Gasteiger partial charge on any atom is 0.325 e. The summed E-state index contributed by atoms with van der Waals surface area (Å²) in [6, 6.07) is 0.185. The smallest absolute Gasteiger partial charge is 0.325 e. The molecule has 1 aliphatic heterocycles. The van der Waals surface area contributed by atoms with Crippen molar-refractivity contribution in [2.75, 3.05) is 26.7 Å². The first-order chi connectivity index (χ1) is 8.43. The standard InChI is InChI=1S/C11H22N2O4S/c1-4-13(8-10-6-5-7-12-10)18(15,16)9(2)11(14)17-3/h9-10,12H,4-8H2,1-3H3. The molecule has 1 N–H and O–H groups in total. The van der Waals surface area contributed by atoms with Crippen LogP contribution < -0.4 is 5.32 Å². The highest BCUT2D eigenvalue weighted by Crippen LogP contribution is 2.14. The van der Waals surface area contributed by atoms with E-state index in [9.17, 15) is 13.2 Å². The SMILES string of the molecule is CCN(CC1CCCN1)S(=O)(=O)C(C)C(=O)OC. The summed E-state index contributed by atoms with van der Waals surface area (Å²) in [6.07, 6.45) is 2.04. The molecule has 6 nitrogen and oxygen atoms in total. The van der Waals surface area contributed by atoms with Crippen molar-refractivity contribution in [1.29, 1.82) is 0 Å². The number of carbonyl (C=O) groups excluding carboxylic acids is 1. The fourth-order valence-electron chi connectivity index (χ4n) is 2.08. The Labute approximate surface area is 109 Å². The third-order valence-corrected chi connectivity index (χ3v) is 5.49. The Balaban J connectivity index is 2.75. The fraction of sp³-hybridized carbons (Fsp3) is 0.909. The number of hydrogen-bond acceptors (Lipinski definition) is 5. The maximum atomic E-state index is 12.2. The second kappa shape index (κ2) is 6.49. The third kappa shape index (κ3) is 3.43. The number of nitrogens with one attached hydrogen (secondary N) is 1. The van der Waals surface area contributed by atoms with Crippen molar-refractivity contribution in [3.05, 3.63) is 0 Å². The zero-order valence-electron chi connectivity index (χ0n) is 11.2. The van der Waals surface area contributed by atoms with Gasteiger partial charge in [-0.1, -0.05) is 6.92 Å². The topological polar surface area (TPSA) is 75.7 Å². The molecule has 0 aromatic heterocycles. The second-order valence-corrected chi connectivity index (χ2v) is 6.71. The first kappa shape index (κ1) is 15.4. The van der Waals surface area contributed by atoms with Crippen LogP contribution in [0.2, 0.25) is 0 Å². The van der Waals surface area contributed by atoms with Crippen LogP contribution in [0.1, 0.15) is 26.7 Å². The van der Waals surface area contributed by atoms with Crippen molar-refractivity contribution in [2.24, 2.45) is 0 Å². The van der Waals surface area contributed by atoms with Gasteiger partial charge in [0, 0.05) is 19.1 Å². The molecular weight excluding hydrogens is 256 g/mol. The van der Waals surface area contributed by atoms with Crippen LogP contribution in [0.15, 0.2) is 0 Å². The van der Waals surface area contributed by atoms with Crippen LogP contribution in [0.25, 0.3) is 0 Å². The van der Waals surface area contributed by atoms with Gasteiger partial charge in [-0.3, -0.25) is 4.79 Å². The molecule has 0 radical (unpaired) electrons. The minimum Gasteiger partial charge on any atom is -0.468 e. The number of hydrogen-bond donors (Lipinski definition) is 1. The van der Waals surface area contributed by atoms with E-state index in [4.69, 9.17) is 0 Å². The molecule has 7 heteroatoms. The number of likely N-dealkylation sites (N-methyl/N-ethyl adjacent to an activating group) is 1. The summed E-state index contributed by atoms with van der Waals surface area (Å²) in [4.78, 5) is 11.4. The molecule has 0 aromatic rings. The predicted molar refractivity (Wildman–Crippen MR) is 68.7 cm³/mol. The summed E-state index contributed by atoms with van der Waals surface area (Å²) in [5.41, 5.74) is 0. The fourth-order valence-corrected chi connectivity index (χ4v) is 3.62. The van der Waals surface area contributed by atoms with Gasteiger partial charge in [0.15, 0.2) is 5.25 Å². The van der Waals surface area contributed by atoms with Crippen molar-refractivity contribution < 1.29 is 17.9 Å². The molecule has 0 aliphatic carbocycles. The van der Waals surface area contributed by atoms with Gasteiger partial charge < -0.3 is 10.1 Å². The van der Waals surface area contributed by atoms with Crippen LogP contribution in [-0.4, -0.2) is 56.7 Å². The highest BCUT2D eigenvalue weighted by molar-refractivity contribution is 7.90. The van der Waals surface area contributed by atoms with Crippen molar-refractivity contribution in [1.82, 2.24) is 9.62 Å². The Morgan fingerprint density at radius 3 is 2.67 bits per heavy atom. The molecule has 1 heterocycles. The van der Waals surface area contributed by atoms with Crippen molar-refractivity contribution in [3.8, 4) is 0 Å². The van der Waals surface area contributed by atoms with E-state index in [2.05, 4.69) is 10.1 Å². The summed E-state index contributed by atoms with van der Waals surface area (Å²) in [7, 11) is -2.43. The van der Waals surface area contributed by atoms with E-state index < -0.39 is 21.2 Å². The Morgan fingerprint density at radius 2 is 2.22 bits per heavy atom. The Kier molecular flexibility index (Phi) is 5.55. The molecule has 1 fully saturated rings. The lowest BCUT2D eigenvalue weighted by atomic mass is 10.2. The van der Waals surface area contributed by atoms with Crippen molar-refractivity contribution in [3.63, 3.8) is 0 Å². The van der Waals surface area contributed by atoms with E-state index in [1.54, 1.807) is 6.92 Å². The number of ether oxygens (including phenoxy) is 1. The lowest BCUT2D eigenvalue weighted by Crippen LogP contribution is -2.46. The summed E-state index contributed by atoms with van der Waals surface area (Å²) < 4.78 is 30.4. The summed E-state index contributed by atoms with van der Waals surface area (Å²) in [6.45, 7) is 4.85. The van der Waals surface area contributed by atoms with Crippen LogP contribution in [-0.2, 0) is 19.6 Å². The first-order valence-electron chi connectivity index (χ1n) is 6.23. The minimum absolute atomic E-state index is 0.185. The monoisotopic (exact) mass is 278 g/mol. The molecule has 0 spiro atoms. The number of carbonyl (C=O) groups is 1. The van der Waals surface area contributed by atoms with E-state index in [1.165, 1.54) is 18.3 Å². The van der Waals surface area contributed by atoms with Gasteiger partial charge in [0.2, 0.25) is 10.0 Å². The number of esters is 1. The summed E-state index contributed by atoms with van der Waals surface area (Å²) >= 11 is 0. The average molecular weight is 278 g/mol. The van der Waals surface area contributed by atoms with Gasteiger partial charge in [-0.05, 0) is 26.3 Å². The van der Waals surface area contributed by atoms with Crippen LogP contribution in [0.4, 0.5) is 0 Å². The van der Waals surface area contributed by atoms with Crippen LogP contribution >= 0.6 is 0 Å². The van der Waals surface area contributed by atoms with Crippen LogP contribution in [0, 0.1) is 0 Å². The van der Waals surface area contributed by atoms with Gasteiger partial charge in [-0.15, -0.1) is 0 Å². The van der Waals surface area contributed by atoms with Gasteiger partial charge in [0.1, 0.15) is 0 Å².